The Morgan fingerprint density at radius 1 is 1.17 bits per heavy atom. The molecule has 1 unspecified atom stereocenters. The number of rotatable bonds is 2. The summed E-state index contributed by atoms with van der Waals surface area (Å²) in [6, 6.07) is 3.88. The summed E-state index contributed by atoms with van der Waals surface area (Å²) in [5.74, 6) is -3.46. The molecule has 1 amide bonds. The molecular formula is C19H20N4O6. The quantitative estimate of drug-likeness (QED) is 0.693. The molecule has 0 aromatic carbocycles. The number of carboxylic acid groups (broad SMARTS) is 2. The topological polar surface area (TPSA) is 143 Å². The van der Waals surface area contributed by atoms with Crippen LogP contribution in [0.15, 0.2) is 30.9 Å². The van der Waals surface area contributed by atoms with Gasteiger partial charge in [-0.2, -0.15) is 0 Å². The van der Waals surface area contributed by atoms with E-state index >= 15 is 0 Å². The monoisotopic (exact) mass is 400 g/mol. The zero-order valence-corrected chi connectivity index (χ0v) is 15.5. The Morgan fingerprint density at radius 2 is 1.97 bits per heavy atom. The average Bonchev–Trinajstić information content (AvgIpc) is 3.28. The summed E-state index contributed by atoms with van der Waals surface area (Å²) in [5.41, 5.74) is 3.91. The SMILES string of the molecule is O=C(C1CCOC1)N1CCc2ncnc(-c3cccnc3)c2C1.O=C(O)C(=O)O. The van der Waals surface area contributed by atoms with Gasteiger partial charge in [0, 0.05) is 49.6 Å². The van der Waals surface area contributed by atoms with Crippen molar-refractivity contribution in [3.05, 3.63) is 42.1 Å². The zero-order chi connectivity index (χ0) is 20.8. The third-order valence-electron chi connectivity index (χ3n) is 4.71. The molecule has 2 N–H and O–H groups in total. The maximum Gasteiger partial charge on any atom is 0.414 e. The van der Waals surface area contributed by atoms with Crippen LogP contribution in [0, 0.1) is 5.92 Å². The van der Waals surface area contributed by atoms with Crippen molar-refractivity contribution in [1.29, 1.82) is 0 Å². The van der Waals surface area contributed by atoms with Crippen LogP contribution in [-0.4, -0.2) is 67.7 Å². The Balaban J connectivity index is 0.000000353. The summed E-state index contributed by atoms with van der Waals surface area (Å²) in [4.78, 5) is 45.8. The maximum atomic E-state index is 12.7. The summed E-state index contributed by atoms with van der Waals surface area (Å²) in [6.07, 6.45) is 6.73. The summed E-state index contributed by atoms with van der Waals surface area (Å²) in [6.45, 7) is 2.51. The molecular weight excluding hydrogens is 380 g/mol. The number of carbonyl (C=O) groups is 3. The number of carboxylic acids is 2. The highest BCUT2D eigenvalue weighted by molar-refractivity contribution is 6.27. The highest BCUT2D eigenvalue weighted by Gasteiger charge is 2.31. The van der Waals surface area contributed by atoms with Crippen molar-refractivity contribution in [1.82, 2.24) is 19.9 Å². The van der Waals surface area contributed by atoms with Gasteiger partial charge in [0.2, 0.25) is 5.91 Å². The number of carbonyl (C=O) groups excluding carboxylic acids is 1. The van der Waals surface area contributed by atoms with Crippen molar-refractivity contribution in [2.75, 3.05) is 19.8 Å². The number of nitrogens with zero attached hydrogens (tertiary/aromatic N) is 4. The minimum Gasteiger partial charge on any atom is -0.473 e. The molecule has 0 saturated carbocycles. The van der Waals surface area contributed by atoms with Gasteiger partial charge in [-0.25, -0.2) is 19.6 Å². The predicted molar refractivity (Wildman–Crippen MR) is 98.6 cm³/mol. The second kappa shape index (κ2) is 9.20. The van der Waals surface area contributed by atoms with E-state index < -0.39 is 11.9 Å². The van der Waals surface area contributed by atoms with Gasteiger partial charge in [0.15, 0.2) is 0 Å². The van der Waals surface area contributed by atoms with Crippen molar-refractivity contribution in [3.8, 4) is 11.3 Å². The number of ether oxygens (including phenoxy) is 1. The summed E-state index contributed by atoms with van der Waals surface area (Å²) >= 11 is 0. The van der Waals surface area contributed by atoms with E-state index in [0.29, 0.717) is 26.3 Å². The average molecular weight is 400 g/mol. The van der Waals surface area contributed by atoms with Crippen LogP contribution in [0.25, 0.3) is 11.3 Å². The molecule has 2 aliphatic heterocycles. The zero-order valence-electron chi connectivity index (χ0n) is 15.5. The first-order valence-corrected chi connectivity index (χ1v) is 9.03. The number of hydrogen-bond donors (Lipinski definition) is 2. The number of hydrogen-bond acceptors (Lipinski definition) is 7. The lowest BCUT2D eigenvalue weighted by molar-refractivity contribution is -0.159. The van der Waals surface area contributed by atoms with Gasteiger partial charge in [0.25, 0.3) is 0 Å². The summed E-state index contributed by atoms with van der Waals surface area (Å²) in [5, 5.41) is 14.8. The van der Waals surface area contributed by atoms with E-state index in [-0.39, 0.29) is 11.8 Å². The Kier molecular flexibility index (Phi) is 6.45. The third-order valence-corrected chi connectivity index (χ3v) is 4.71. The van der Waals surface area contributed by atoms with Crippen LogP contribution < -0.4 is 0 Å². The molecule has 10 heteroatoms. The maximum absolute atomic E-state index is 12.7. The fourth-order valence-corrected chi connectivity index (χ4v) is 3.27. The molecule has 0 bridgehead atoms. The number of fused-ring (bicyclic) bond motifs is 1. The van der Waals surface area contributed by atoms with Crippen LogP contribution in [0.3, 0.4) is 0 Å². The minimum atomic E-state index is -1.82. The Bertz CT molecular complexity index is 887. The first-order valence-electron chi connectivity index (χ1n) is 9.03. The molecule has 0 aliphatic carbocycles. The highest BCUT2D eigenvalue weighted by atomic mass is 16.5. The predicted octanol–water partition coefficient (Wildman–Crippen LogP) is 0.615. The molecule has 1 fully saturated rings. The van der Waals surface area contributed by atoms with Crippen molar-refractivity contribution in [2.45, 2.75) is 19.4 Å². The second-order valence-corrected chi connectivity index (χ2v) is 6.57. The molecule has 29 heavy (non-hydrogen) atoms. The number of aliphatic carboxylic acids is 2. The Morgan fingerprint density at radius 3 is 2.59 bits per heavy atom. The first-order chi connectivity index (χ1) is 14.0. The van der Waals surface area contributed by atoms with Gasteiger partial charge < -0.3 is 19.8 Å². The van der Waals surface area contributed by atoms with Gasteiger partial charge in [-0.3, -0.25) is 9.78 Å². The van der Waals surface area contributed by atoms with Gasteiger partial charge in [-0.1, -0.05) is 0 Å². The Labute approximate surface area is 166 Å². The van der Waals surface area contributed by atoms with Gasteiger partial charge in [-0.05, 0) is 18.6 Å². The van der Waals surface area contributed by atoms with Gasteiger partial charge in [0.1, 0.15) is 6.33 Å². The molecule has 2 aliphatic rings. The summed E-state index contributed by atoms with van der Waals surface area (Å²) < 4.78 is 5.35. The molecule has 0 radical (unpaired) electrons. The van der Waals surface area contributed by atoms with Crippen LogP contribution >= 0.6 is 0 Å². The van der Waals surface area contributed by atoms with E-state index in [1.54, 1.807) is 18.7 Å². The van der Waals surface area contributed by atoms with Crippen LogP contribution in [0.1, 0.15) is 17.7 Å². The van der Waals surface area contributed by atoms with Crippen LogP contribution in [0.4, 0.5) is 0 Å². The molecule has 4 heterocycles. The third kappa shape index (κ3) is 4.91. The molecule has 152 valence electrons. The largest absolute Gasteiger partial charge is 0.473 e. The van der Waals surface area contributed by atoms with E-state index in [2.05, 4.69) is 15.0 Å². The molecule has 10 nitrogen and oxygen atoms in total. The fourth-order valence-electron chi connectivity index (χ4n) is 3.27. The molecule has 0 spiro atoms. The molecule has 2 aromatic rings. The van der Waals surface area contributed by atoms with Crippen LogP contribution in [-0.2, 0) is 32.1 Å². The molecule has 1 saturated heterocycles. The molecule has 2 aromatic heterocycles. The lowest BCUT2D eigenvalue weighted by atomic mass is 9.98. The van der Waals surface area contributed by atoms with Gasteiger partial charge >= 0.3 is 11.9 Å². The van der Waals surface area contributed by atoms with Crippen molar-refractivity contribution in [3.63, 3.8) is 0 Å². The second-order valence-electron chi connectivity index (χ2n) is 6.57. The van der Waals surface area contributed by atoms with Gasteiger partial charge in [-0.15, -0.1) is 0 Å². The number of amides is 1. The first kappa shape index (κ1) is 20.3. The number of pyridine rings is 1. The van der Waals surface area contributed by atoms with E-state index in [1.807, 2.05) is 17.0 Å². The number of aromatic nitrogens is 3. The van der Waals surface area contributed by atoms with E-state index in [4.69, 9.17) is 24.5 Å². The minimum absolute atomic E-state index is 0.00280. The smallest absolute Gasteiger partial charge is 0.414 e. The fraction of sp³-hybridized carbons (Fsp3) is 0.368. The van der Waals surface area contributed by atoms with Crippen molar-refractivity contribution >= 4 is 17.8 Å². The lowest BCUT2D eigenvalue weighted by Crippen LogP contribution is -2.40. The standard InChI is InChI=1S/C17H18N4O2.C2H2O4/c22-17(13-4-7-23-10-13)21-6-3-15-14(9-21)16(20-11-19-15)12-2-1-5-18-8-12;3-1(4)2(5)6/h1-2,5,8,11,13H,3-4,6-7,9-10H2;(H,3,4)(H,5,6). The van der Waals surface area contributed by atoms with Crippen LogP contribution in [0.5, 0.6) is 0 Å². The van der Waals surface area contributed by atoms with Gasteiger partial charge in [0.05, 0.1) is 23.9 Å². The van der Waals surface area contributed by atoms with E-state index in [9.17, 15) is 4.79 Å². The Hall–Kier alpha value is -3.40. The lowest BCUT2D eigenvalue weighted by Gasteiger charge is -2.30. The van der Waals surface area contributed by atoms with Crippen molar-refractivity contribution in [2.24, 2.45) is 5.92 Å². The van der Waals surface area contributed by atoms with Crippen molar-refractivity contribution < 1.29 is 29.3 Å². The van der Waals surface area contributed by atoms with E-state index in [1.165, 1.54) is 0 Å². The normalized spacial score (nSPS) is 17.7. The van der Waals surface area contributed by atoms with Crippen LogP contribution in [0.2, 0.25) is 0 Å². The molecule has 4 rings (SSSR count). The molecule has 1 atom stereocenters. The highest BCUT2D eigenvalue weighted by Crippen LogP contribution is 2.28. The summed E-state index contributed by atoms with van der Waals surface area (Å²) in [7, 11) is 0. The van der Waals surface area contributed by atoms with E-state index in [0.717, 1.165) is 35.4 Å².